The van der Waals surface area contributed by atoms with Crippen molar-refractivity contribution in [1.29, 1.82) is 0 Å². The van der Waals surface area contributed by atoms with Crippen LogP contribution in [0.1, 0.15) is 17.3 Å². The summed E-state index contributed by atoms with van der Waals surface area (Å²) in [5, 5.41) is 19.4. The number of hydrogen-bond acceptors (Lipinski definition) is 5. The predicted octanol–water partition coefficient (Wildman–Crippen LogP) is 0.354. The van der Waals surface area contributed by atoms with Gasteiger partial charge in [-0.05, 0) is 19.1 Å². The highest BCUT2D eigenvalue weighted by Gasteiger charge is 2.46. The van der Waals surface area contributed by atoms with Gasteiger partial charge in [-0.15, -0.1) is 0 Å². The first-order valence-corrected chi connectivity index (χ1v) is 5.76. The summed E-state index contributed by atoms with van der Waals surface area (Å²) in [6.07, 6.45) is -1.67. The normalized spacial score (nSPS) is 31.3. The summed E-state index contributed by atoms with van der Waals surface area (Å²) in [6.45, 7) is 1.42. The van der Waals surface area contributed by atoms with Gasteiger partial charge in [0.15, 0.2) is 0 Å². The molecule has 5 heteroatoms. The molecule has 2 rings (SSSR count). The molecule has 1 aliphatic rings. The molecule has 1 fully saturated rings. The molecule has 18 heavy (non-hydrogen) atoms. The highest BCUT2D eigenvalue weighted by Crippen LogP contribution is 2.26. The Morgan fingerprint density at radius 1 is 1.50 bits per heavy atom. The zero-order valence-corrected chi connectivity index (χ0v) is 10.1. The first kappa shape index (κ1) is 13.0. The molecule has 0 saturated carbocycles. The lowest BCUT2D eigenvalue weighted by Crippen LogP contribution is -2.46. The average Bonchev–Trinajstić information content (AvgIpc) is 2.63. The lowest BCUT2D eigenvalue weighted by molar-refractivity contribution is -0.0821. The fourth-order valence-electron chi connectivity index (χ4n) is 1.79. The van der Waals surface area contributed by atoms with E-state index in [1.54, 1.807) is 30.3 Å². The Hall–Kier alpha value is -1.43. The van der Waals surface area contributed by atoms with Crippen LogP contribution < -0.4 is 0 Å². The lowest BCUT2D eigenvalue weighted by atomic mass is 9.96. The molecule has 0 radical (unpaired) electrons. The molecule has 0 unspecified atom stereocenters. The van der Waals surface area contributed by atoms with Crippen molar-refractivity contribution in [2.75, 3.05) is 13.2 Å². The SMILES string of the molecule is C[C@]1(O)[C@@H](O)CO[C@@H]1COC(=O)c1ccccc1. The van der Waals surface area contributed by atoms with E-state index in [9.17, 15) is 15.0 Å². The zero-order valence-electron chi connectivity index (χ0n) is 10.1. The van der Waals surface area contributed by atoms with E-state index in [0.29, 0.717) is 5.56 Å². The average molecular weight is 252 g/mol. The third-order valence-corrected chi connectivity index (χ3v) is 3.16. The Bertz CT molecular complexity index is 415. The lowest BCUT2D eigenvalue weighted by Gasteiger charge is -2.25. The van der Waals surface area contributed by atoms with E-state index in [0.717, 1.165) is 0 Å². The predicted molar refractivity (Wildman–Crippen MR) is 63.1 cm³/mol. The van der Waals surface area contributed by atoms with Gasteiger partial charge in [0.1, 0.15) is 24.4 Å². The summed E-state index contributed by atoms with van der Waals surface area (Å²) in [7, 11) is 0. The van der Waals surface area contributed by atoms with Gasteiger partial charge in [-0.1, -0.05) is 18.2 Å². The smallest absolute Gasteiger partial charge is 0.338 e. The maximum absolute atomic E-state index is 11.7. The van der Waals surface area contributed by atoms with Crippen LogP contribution in [0.15, 0.2) is 30.3 Å². The number of hydrogen-bond donors (Lipinski definition) is 2. The number of benzene rings is 1. The van der Waals surface area contributed by atoms with Crippen LogP contribution in [0.3, 0.4) is 0 Å². The van der Waals surface area contributed by atoms with Crippen LogP contribution in [-0.4, -0.2) is 47.2 Å². The molecule has 0 spiro atoms. The van der Waals surface area contributed by atoms with Crippen LogP contribution in [0.5, 0.6) is 0 Å². The summed E-state index contributed by atoms with van der Waals surface area (Å²) in [6, 6.07) is 8.57. The van der Waals surface area contributed by atoms with E-state index in [1.807, 2.05) is 0 Å². The minimum atomic E-state index is -1.39. The summed E-state index contributed by atoms with van der Waals surface area (Å²) in [5.74, 6) is -0.476. The molecule has 1 heterocycles. The molecule has 2 N–H and O–H groups in total. The molecule has 0 aromatic heterocycles. The van der Waals surface area contributed by atoms with Gasteiger partial charge in [-0.3, -0.25) is 0 Å². The minimum absolute atomic E-state index is 0.0422. The van der Waals surface area contributed by atoms with Crippen molar-refractivity contribution in [3.05, 3.63) is 35.9 Å². The number of esters is 1. The van der Waals surface area contributed by atoms with E-state index in [4.69, 9.17) is 9.47 Å². The molecule has 98 valence electrons. The summed E-state index contributed by atoms with van der Waals surface area (Å²) < 4.78 is 10.3. The van der Waals surface area contributed by atoms with Crippen molar-refractivity contribution in [2.24, 2.45) is 0 Å². The number of rotatable bonds is 3. The van der Waals surface area contributed by atoms with Crippen LogP contribution in [0.4, 0.5) is 0 Å². The number of carbonyl (C=O) groups is 1. The number of aliphatic hydroxyl groups excluding tert-OH is 1. The third-order valence-electron chi connectivity index (χ3n) is 3.16. The van der Waals surface area contributed by atoms with Gasteiger partial charge in [-0.25, -0.2) is 4.79 Å². The minimum Gasteiger partial charge on any atom is -0.459 e. The van der Waals surface area contributed by atoms with E-state index in [2.05, 4.69) is 0 Å². The van der Waals surface area contributed by atoms with Gasteiger partial charge in [0.05, 0.1) is 12.2 Å². The Morgan fingerprint density at radius 3 is 2.72 bits per heavy atom. The van der Waals surface area contributed by atoms with Crippen molar-refractivity contribution in [1.82, 2.24) is 0 Å². The van der Waals surface area contributed by atoms with Crippen LogP contribution in [0.25, 0.3) is 0 Å². The van der Waals surface area contributed by atoms with Crippen LogP contribution in [-0.2, 0) is 9.47 Å². The van der Waals surface area contributed by atoms with Gasteiger partial charge in [0.25, 0.3) is 0 Å². The monoisotopic (exact) mass is 252 g/mol. The molecule has 1 aromatic rings. The van der Waals surface area contributed by atoms with E-state index >= 15 is 0 Å². The maximum atomic E-state index is 11.7. The molecule has 1 aliphatic heterocycles. The number of carbonyl (C=O) groups excluding carboxylic acids is 1. The van der Waals surface area contributed by atoms with Gasteiger partial charge in [0, 0.05) is 0 Å². The molecular formula is C13H16O5. The maximum Gasteiger partial charge on any atom is 0.338 e. The van der Waals surface area contributed by atoms with Crippen molar-refractivity contribution < 1.29 is 24.5 Å². The summed E-state index contributed by atoms with van der Waals surface area (Å²) >= 11 is 0. The largest absolute Gasteiger partial charge is 0.459 e. The molecular weight excluding hydrogens is 236 g/mol. The molecule has 1 aromatic carbocycles. The second-order valence-electron chi connectivity index (χ2n) is 4.53. The van der Waals surface area contributed by atoms with Gasteiger partial charge in [-0.2, -0.15) is 0 Å². The highest BCUT2D eigenvalue weighted by molar-refractivity contribution is 5.89. The zero-order chi connectivity index (χ0) is 13.2. The number of ether oxygens (including phenoxy) is 2. The van der Waals surface area contributed by atoms with Gasteiger partial charge >= 0.3 is 5.97 Å². The molecule has 0 bridgehead atoms. The standard InChI is InChI=1S/C13H16O5/c1-13(16)10(14)7-17-11(13)8-18-12(15)9-5-3-2-4-6-9/h2-6,10-11,14,16H,7-8H2,1H3/t10-,11+,13-/m0/s1. The molecule has 1 saturated heterocycles. The highest BCUT2D eigenvalue weighted by atomic mass is 16.6. The summed E-state index contributed by atoms with van der Waals surface area (Å²) in [4.78, 5) is 11.7. The Balaban J connectivity index is 1.91. The van der Waals surface area contributed by atoms with E-state index in [1.165, 1.54) is 6.92 Å². The van der Waals surface area contributed by atoms with Crippen molar-refractivity contribution in [3.63, 3.8) is 0 Å². The molecule has 0 aliphatic carbocycles. The van der Waals surface area contributed by atoms with Gasteiger partial charge in [0.2, 0.25) is 0 Å². The third kappa shape index (κ3) is 2.53. The molecule has 0 amide bonds. The van der Waals surface area contributed by atoms with Crippen LogP contribution in [0, 0.1) is 0 Å². The van der Waals surface area contributed by atoms with E-state index < -0.39 is 23.8 Å². The fourth-order valence-corrected chi connectivity index (χ4v) is 1.79. The van der Waals surface area contributed by atoms with Crippen molar-refractivity contribution in [3.8, 4) is 0 Å². The van der Waals surface area contributed by atoms with E-state index in [-0.39, 0.29) is 13.2 Å². The van der Waals surface area contributed by atoms with Crippen LogP contribution in [0.2, 0.25) is 0 Å². The first-order chi connectivity index (χ1) is 8.51. The molecule has 3 atom stereocenters. The van der Waals surface area contributed by atoms with Crippen LogP contribution >= 0.6 is 0 Å². The fraction of sp³-hybridized carbons (Fsp3) is 0.462. The Kier molecular flexibility index (Phi) is 3.65. The number of aliphatic hydroxyl groups is 2. The summed E-state index contributed by atoms with van der Waals surface area (Å²) in [5.41, 5.74) is -0.951. The topological polar surface area (TPSA) is 76.0 Å². The molecule has 5 nitrogen and oxygen atoms in total. The first-order valence-electron chi connectivity index (χ1n) is 5.76. The van der Waals surface area contributed by atoms with Crippen molar-refractivity contribution >= 4 is 5.97 Å². The second-order valence-corrected chi connectivity index (χ2v) is 4.53. The van der Waals surface area contributed by atoms with Crippen molar-refractivity contribution in [2.45, 2.75) is 24.7 Å². The van der Waals surface area contributed by atoms with Gasteiger partial charge < -0.3 is 19.7 Å². The quantitative estimate of drug-likeness (QED) is 0.759. The Labute approximate surface area is 105 Å². The second kappa shape index (κ2) is 5.06. The Morgan fingerprint density at radius 2 is 2.17 bits per heavy atom.